The van der Waals surface area contributed by atoms with Crippen molar-refractivity contribution in [3.05, 3.63) is 36.0 Å². The van der Waals surface area contributed by atoms with Gasteiger partial charge in [-0.2, -0.15) is 4.31 Å². The number of amides is 1. The summed E-state index contributed by atoms with van der Waals surface area (Å²) in [6.45, 7) is 6.06. The van der Waals surface area contributed by atoms with Crippen LogP contribution in [0.2, 0.25) is 0 Å². The molecule has 2 heterocycles. The van der Waals surface area contributed by atoms with Gasteiger partial charge in [0.1, 0.15) is 0 Å². The molecular formula is C18H21N5O5S2. The van der Waals surface area contributed by atoms with Gasteiger partial charge < -0.3 is 8.94 Å². The minimum Gasteiger partial charge on any atom is -0.411 e. The predicted octanol–water partition coefficient (Wildman–Crippen LogP) is 2.79. The van der Waals surface area contributed by atoms with E-state index < -0.39 is 10.0 Å². The van der Waals surface area contributed by atoms with Gasteiger partial charge >= 0.3 is 0 Å². The van der Waals surface area contributed by atoms with E-state index in [4.69, 9.17) is 8.94 Å². The van der Waals surface area contributed by atoms with Gasteiger partial charge in [0.05, 0.1) is 16.3 Å². The Morgan fingerprint density at radius 3 is 2.63 bits per heavy atom. The van der Waals surface area contributed by atoms with E-state index in [1.165, 1.54) is 16.4 Å². The van der Waals surface area contributed by atoms with E-state index in [0.717, 1.165) is 11.8 Å². The van der Waals surface area contributed by atoms with Crippen LogP contribution in [0.15, 0.2) is 49.4 Å². The Morgan fingerprint density at radius 1 is 1.20 bits per heavy atom. The molecule has 0 radical (unpaired) electrons. The Labute approximate surface area is 178 Å². The number of nitrogens with one attached hydrogen (secondary N) is 1. The summed E-state index contributed by atoms with van der Waals surface area (Å²) in [6.07, 6.45) is 0. The van der Waals surface area contributed by atoms with Crippen LogP contribution in [-0.2, 0) is 14.8 Å². The normalized spacial score (nSPS) is 11.7. The topological polar surface area (TPSA) is 131 Å². The molecule has 0 aliphatic carbocycles. The molecule has 30 heavy (non-hydrogen) atoms. The van der Waals surface area contributed by atoms with Gasteiger partial charge in [-0.15, -0.1) is 10.2 Å². The number of hydrogen-bond acceptors (Lipinski definition) is 9. The molecule has 3 aromatic rings. The number of nitrogens with zero attached hydrogens (tertiary/aromatic N) is 4. The molecule has 1 N–H and O–H groups in total. The molecule has 0 aliphatic rings. The SMILES string of the molecule is CCN(CC)S(=O)(=O)c1cccc(-c2nnc(SCC(=O)Nc3cc(C)no3)o2)c1. The second-order valence-electron chi connectivity index (χ2n) is 6.16. The van der Waals surface area contributed by atoms with Crippen molar-refractivity contribution in [1.29, 1.82) is 0 Å². The fourth-order valence-electron chi connectivity index (χ4n) is 2.61. The Kier molecular flexibility index (Phi) is 6.90. The summed E-state index contributed by atoms with van der Waals surface area (Å²) in [5.74, 6) is 0.136. The molecule has 1 amide bonds. The zero-order chi connectivity index (χ0) is 21.7. The monoisotopic (exact) mass is 451 g/mol. The third kappa shape index (κ3) is 5.07. The molecule has 0 atom stereocenters. The number of carbonyl (C=O) groups excluding carboxylic acids is 1. The predicted molar refractivity (Wildman–Crippen MR) is 110 cm³/mol. The number of sulfonamides is 1. The van der Waals surface area contributed by atoms with Gasteiger partial charge in [0.2, 0.25) is 27.7 Å². The zero-order valence-corrected chi connectivity index (χ0v) is 18.3. The molecule has 12 heteroatoms. The fourth-order valence-corrected chi connectivity index (χ4v) is 4.68. The summed E-state index contributed by atoms with van der Waals surface area (Å²) in [5, 5.41) is 14.3. The van der Waals surface area contributed by atoms with Gasteiger partial charge in [-0.25, -0.2) is 8.42 Å². The van der Waals surface area contributed by atoms with Crippen LogP contribution in [0, 0.1) is 6.92 Å². The second kappa shape index (κ2) is 9.41. The van der Waals surface area contributed by atoms with E-state index in [0.29, 0.717) is 24.3 Å². The Balaban J connectivity index is 1.68. The lowest BCUT2D eigenvalue weighted by molar-refractivity contribution is -0.113. The molecule has 160 valence electrons. The molecule has 0 fully saturated rings. The molecule has 1 aromatic carbocycles. The molecule has 0 bridgehead atoms. The summed E-state index contributed by atoms with van der Waals surface area (Å²) < 4.78 is 37.3. The van der Waals surface area contributed by atoms with Gasteiger partial charge in [-0.3, -0.25) is 10.1 Å². The molecule has 0 unspecified atom stereocenters. The van der Waals surface area contributed by atoms with E-state index >= 15 is 0 Å². The summed E-state index contributed by atoms with van der Waals surface area (Å²) in [5.41, 5.74) is 1.13. The Morgan fingerprint density at radius 2 is 1.97 bits per heavy atom. The van der Waals surface area contributed by atoms with E-state index in [-0.39, 0.29) is 33.6 Å². The van der Waals surface area contributed by atoms with Crippen LogP contribution >= 0.6 is 11.8 Å². The van der Waals surface area contributed by atoms with Gasteiger partial charge in [0.25, 0.3) is 5.22 Å². The number of aromatic nitrogens is 3. The lowest BCUT2D eigenvalue weighted by Gasteiger charge is -2.18. The first-order valence-corrected chi connectivity index (χ1v) is 11.6. The number of hydrogen-bond donors (Lipinski definition) is 1. The standard InChI is InChI=1S/C18H21N5O5S2/c1-4-23(5-2)30(25,26)14-8-6-7-13(10-14)17-20-21-18(27-17)29-11-15(24)19-16-9-12(3)22-28-16/h6-10H,4-5,11H2,1-3H3,(H,19,24). The van der Waals surface area contributed by atoms with Gasteiger partial charge in [0, 0.05) is 24.7 Å². The molecule has 0 aliphatic heterocycles. The second-order valence-corrected chi connectivity index (χ2v) is 9.02. The molecule has 3 rings (SSSR count). The van der Waals surface area contributed by atoms with Crippen LogP contribution in [0.1, 0.15) is 19.5 Å². The van der Waals surface area contributed by atoms with E-state index in [1.54, 1.807) is 39.0 Å². The van der Waals surface area contributed by atoms with Crippen molar-refractivity contribution in [2.24, 2.45) is 0 Å². The molecule has 0 saturated heterocycles. The number of rotatable bonds is 9. The smallest absolute Gasteiger partial charge is 0.277 e. The van der Waals surface area contributed by atoms with Crippen LogP contribution in [0.5, 0.6) is 0 Å². The summed E-state index contributed by atoms with van der Waals surface area (Å²) >= 11 is 1.05. The summed E-state index contributed by atoms with van der Waals surface area (Å²) in [4.78, 5) is 12.1. The molecule has 0 saturated carbocycles. The average molecular weight is 452 g/mol. The third-order valence-corrected chi connectivity index (χ3v) is 6.91. The van der Waals surface area contributed by atoms with Crippen molar-refractivity contribution < 1.29 is 22.2 Å². The van der Waals surface area contributed by atoms with Crippen LogP contribution in [-0.4, -0.2) is 52.8 Å². The first-order valence-electron chi connectivity index (χ1n) is 9.13. The van der Waals surface area contributed by atoms with Crippen molar-refractivity contribution in [1.82, 2.24) is 19.7 Å². The number of benzene rings is 1. The molecule has 10 nitrogen and oxygen atoms in total. The van der Waals surface area contributed by atoms with Crippen molar-refractivity contribution in [2.75, 3.05) is 24.2 Å². The first kappa shape index (κ1) is 22.0. The average Bonchev–Trinajstić information content (AvgIpc) is 3.36. The highest BCUT2D eigenvalue weighted by molar-refractivity contribution is 7.99. The Bertz CT molecular complexity index is 1120. The van der Waals surface area contributed by atoms with Crippen molar-refractivity contribution >= 4 is 33.6 Å². The molecule has 2 aromatic heterocycles. The molecular weight excluding hydrogens is 430 g/mol. The first-order chi connectivity index (χ1) is 14.3. The summed E-state index contributed by atoms with van der Waals surface area (Å²) in [7, 11) is -3.60. The number of carbonyl (C=O) groups is 1. The lowest BCUT2D eigenvalue weighted by Crippen LogP contribution is -2.30. The minimum absolute atomic E-state index is 0.0256. The number of thioether (sulfide) groups is 1. The zero-order valence-electron chi connectivity index (χ0n) is 16.7. The van der Waals surface area contributed by atoms with Crippen molar-refractivity contribution in [2.45, 2.75) is 30.9 Å². The number of aryl methyl sites for hydroxylation is 1. The highest BCUT2D eigenvalue weighted by atomic mass is 32.2. The van der Waals surface area contributed by atoms with Gasteiger partial charge in [-0.05, 0) is 25.1 Å². The van der Waals surface area contributed by atoms with Gasteiger partial charge in [0.15, 0.2) is 0 Å². The van der Waals surface area contributed by atoms with E-state index in [9.17, 15) is 13.2 Å². The van der Waals surface area contributed by atoms with Crippen molar-refractivity contribution in [3.8, 4) is 11.5 Å². The molecule has 0 spiro atoms. The maximum Gasteiger partial charge on any atom is 0.277 e. The Hall–Kier alpha value is -2.70. The van der Waals surface area contributed by atoms with Crippen LogP contribution in [0.4, 0.5) is 5.88 Å². The highest BCUT2D eigenvalue weighted by Gasteiger charge is 2.22. The maximum atomic E-state index is 12.7. The highest BCUT2D eigenvalue weighted by Crippen LogP contribution is 2.26. The quantitative estimate of drug-likeness (QED) is 0.488. The fraction of sp³-hybridized carbons (Fsp3) is 0.333. The lowest BCUT2D eigenvalue weighted by atomic mass is 10.2. The minimum atomic E-state index is -3.60. The maximum absolute atomic E-state index is 12.7. The summed E-state index contributed by atoms with van der Waals surface area (Å²) in [6, 6.07) is 7.93. The third-order valence-electron chi connectivity index (χ3n) is 4.05. The van der Waals surface area contributed by atoms with Crippen LogP contribution in [0.3, 0.4) is 0 Å². The van der Waals surface area contributed by atoms with Crippen LogP contribution < -0.4 is 5.32 Å². The van der Waals surface area contributed by atoms with E-state index in [1.807, 2.05) is 0 Å². The van der Waals surface area contributed by atoms with Crippen molar-refractivity contribution in [3.63, 3.8) is 0 Å². The van der Waals surface area contributed by atoms with E-state index in [2.05, 4.69) is 20.7 Å². The largest absolute Gasteiger partial charge is 0.411 e. The number of anilines is 1. The van der Waals surface area contributed by atoms with Gasteiger partial charge in [-0.1, -0.05) is 36.8 Å². The van der Waals surface area contributed by atoms with Crippen LogP contribution in [0.25, 0.3) is 11.5 Å².